The zero-order chi connectivity index (χ0) is 12.3. The van der Waals surface area contributed by atoms with Gasteiger partial charge in [0.05, 0.1) is 5.02 Å². The number of rotatable bonds is 3. The number of hydrogen-bond acceptors (Lipinski definition) is 2. The van der Waals surface area contributed by atoms with Gasteiger partial charge in [-0.1, -0.05) is 17.7 Å². The van der Waals surface area contributed by atoms with Gasteiger partial charge < -0.3 is 10.5 Å². The Morgan fingerprint density at radius 2 is 1.82 bits per heavy atom. The predicted octanol–water partition coefficient (Wildman–Crippen LogP) is 3.64. The lowest BCUT2D eigenvalue weighted by atomic mass is 10.2. The highest BCUT2D eigenvalue weighted by molar-refractivity contribution is 6.31. The summed E-state index contributed by atoms with van der Waals surface area (Å²) in [6.45, 7) is 0.295. The van der Waals surface area contributed by atoms with Crippen LogP contribution in [0.1, 0.15) is 5.56 Å². The van der Waals surface area contributed by atoms with E-state index < -0.39 is 0 Å². The molecule has 0 aliphatic carbocycles. The van der Waals surface area contributed by atoms with Crippen LogP contribution in [-0.2, 0) is 6.61 Å². The Hall–Kier alpha value is -1.74. The van der Waals surface area contributed by atoms with E-state index in [0.29, 0.717) is 23.1 Å². The van der Waals surface area contributed by atoms with E-state index in [1.807, 2.05) is 0 Å². The molecule has 2 N–H and O–H groups in total. The minimum absolute atomic E-state index is 0.295. The average Bonchev–Trinajstić information content (AvgIpc) is 2.30. The fraction of sp³-hybridized carbons (Fsp3) is 0.0769. The van der Waals surface area contributed by atoms with Crippen molar-refractivity contribution in [3.8, 4) is 5.75 Å². The van der Waals surface area contributed by atoms with Crippen LogP contribution >= 0.6 is 11.6 Å². The van der Waals surface area contributed by atoms with Gasteiger partial charge in [0.25, 0.3) is 0 Å². The van der Waals surface area contributed by atoms with E-state index in [1.54, 1.807) is 30.3 Å². The molecular formula is C13H11ClFNO. The van der Waals surface area contributed by atoms with Gasteiger partial charge in [-0.15, -0.1) is 0 Å². The smallest absolute Gasteiger partial charge is 0.124 e. The second-order valence-corrected chi connectivity index (χ2v) is 4.00. The molecular weight excluding hydrogens is 241 g/mol. The van der Waals surface area contributed by atoms with Gasteiger partial charge in [-0.25, -0.2) is 4.39 Å². The van der Waals surface area contributed by atoms with Crippen LogP contribution < -0.4 is 10.5 Å². The van der Waals surface area contributed by atoms with E-state index in [2.05, 4.69) is 0 Å². The summed E-state index contributed by atoms with van der Waals surface area (Å²) in [6.07, 6.45) is 0. The quantitative estimate of drug-likeness (QED) is 0.846. The fourth-order valence-corrected chi connectivity index (χ4v) is 1.59. The van der Waals surface area contributed by atoms with Gasteiger partial charge in [-0.3, -0.25) is 0 Å². The lowest BCUT2D eigenvalue weighted by Gasteiger charge is -2.08. The van der Waals surface area contributed by atoms with Gasteiger partial charge in [0, 0.05) is 11.3 Å². The summed E-state index contributed by atoms with van der Waals surface area (Å²) in [5, 5.41) is 0.362. The van der Waals surface area contributed by atoms with Crippen LogP contribution in [0.5, 0.6) is 5.75 Å². The van der Waals surface area contributed by atoms with Crippen LogP contribution in [0.2, 0.25) is 5.02 Å². The summed E-state index contributed by atoms with van der Waals surface area (Å²) in [5.74, 6) is 0.339. The van der Waals surface area contributed by atoms with Crippen LogP contribution in [-0.4, -0.2) is 0 Å². The number of benzene rings is 2. The number of nitrogens with two attached hydrogens (primary N) is 1. The van der Waals surface area contributed by atoms with E-state index in [4.69, 9.17) is 22.1 Å². The van der Waals surface area contributed by atoms with Gasteiger partial charge in [0.2, 0.25) is 0 Å². The summed E-state index contributed by atoms with van der Waals surface area (Å²) in [5.41, 5.74) is 6.97. The Morgan fingerprint density at radius 1 is 1.12 bits per heavy atom. The summed E-state index contributed by atoms with van der Waals surface area (Å²) < 4.78 is 18.3. The largest absolute Gasteiger partial charge is 0.489 e. The maximum absolute atomic E-state index is 12.8. The SMILES string of the molecule is Nc1ccc(OCc2ccc(F)cc2Cl)cc1. The maximum Gasteiger partial charge on any atom is 0.124 e. The molecule has 0 heterocycles. The first kappa shape index (κ1) is 11.7. The minimum Gasteiger partial charge on any atom is -0.489 e. The maximum atomic E-state index is 12.8. The van der Waals surface area contributed by atoms with Crippen molar-refractivity contribution in [1.82, 2.24) is 0 Å². The molecule has 2 aromatic rings. The Bertz CT molecular complexity index is 513. The van der Waals surface area contributed by atoms with E-state index in [1.165, 1.54) is 12.1 Å². The van der Waals surface area contributed by atoms with Crippen LogP contribution in [0, 0.1) is 5.82 Å². The van der Waals surface area contributed by atoms with Crippen molar-refractivity contribution in [2.75, 3.05) is 5.73 Å². The van der Waals surface area contributed by atoms with Gasteiger partial charge in [0.1, 0.15) is 18.2 Å². The monoisotopic (exact) mass is 251 g/mol. The molecule has 0 aromatic heterocycles. The molecule has 0 fully saturated rings. The molecule has 0 radical (unpaired) electrons. The van der Waals surface area contributed by atoms with E-state index >= 15 is 0 Å². The standard InChI is InChI=1S/C13H11ClFNO/c14-13-7-10(15)2-1-9(13)8-17-12-5-3-11(16)4-6-12/h1-7H,8,16H2. The van der Waals surface area contributed by atoms with Crippen LogP contribution in [0.3, 0.4) is 0 Å². The van der Waals surface area contributed by atoms with Crippen molar-refractivity contribution in [3.05, 3.63) is 58.9 Å². The normalized spacial score (nSPS) is 10.2. The molecule has 4 heteroatoms. The first-order chi connectivity index (χ1) is 8.15. The van der Waals surface area contributed by atoms with Gasteiger partial charge in [0.15, 0.2) is 0 Å². The van der Waals surface area contributed by atoms with Crippen molar-refractivity contribution in [3.63, 3.8) is 0 Å². The average molecular weight is 252 g/mol. The number of anilines is 1. The topological polar surface area (TPSA) is 35.2 Å². The summed E-state index contributed by atoms with van der Waals surface area (Å²) in [4.78, 5) is 0. The second-order valence-electron chi connectivity index (χ2n) is 3.59. The van der Waals surface area contributed by atoms with E-state index in [0.717, 1.165) is 5.56 Å². The summed E-state index contributed by atoms with van der Waals surface area (Å²) in [6, 6.07) is 11.3. The minimum atomic E-state index is -0.355. The highest BCUT2D eigenvalue weighted by Crippen LogP contribution is 2.20. The first-order valence-corrected chi connectivity index (χ1v) is 5.45. The molecule has 0 aliphatic rings. The third-order valence-corrected chi connectivity index (χ3v) is 2.64. The molecule has 0 saturated carbocycles. The molecule has 0 aliphatic heterocycles. The first-order valence-electron chi connectivity index (χ1n) is 5.07. The van der Waals surface area contributed by atoms with E-state index in [-0.39, 0.29) is 5.82 Å². The molecule has 2 nitrogen and oxygen atoms in total. The van der Waals surface area contributed by atoms with Crippen LogP contribution in [0.25, 0.3) is 0 Å². The predicted molar refractivity (Wildman–Crippen MR) is 66.6 cm³/mol. The van der Waals surface area contributed by atoms with Crippen molar-refractivity contribution in [1.29, 1.82) is 0 Å². The Labute approximate surface area is 104 Å². The Kier molecular flexibility index (Phi) is 3.49. The number of ether oxygens (including phenoxy) is 1. The Balaban J connectivity index is 2.04. The number of hydrogen-bond donors (Lipinski definition) is 1. The van der Waals surface area contributed by atoms with Crippen LogP contribution in [0.15, 0.2) is 42.5 Å². The summed E-state index contributed by atoms with van der Waals surface area (Å²) >= 11 is 5.88. The van der Waals surface area contributed by atoms with Crippen molar-refractivity contribution < 1.29 is 9.13 Å². The highest BCUT2D eigenvalue weighted by atomic mass is 35.5. The third-order valence-electron chi connectivity index (χ3n) is 2.29. The van der Waals surface area contributed by atoms with Gasteiger partial charge in [-0.2, -0.15) is 0 Å². The lowest BCUT2D eigenvalue weighted by Crippen LogP contribution is -1.97. The van der Waals surface area contributed by atoms with E-state index in [9.17, 15) is 4.39 Å². The van der Waals surface area contributed by atoms with Crippen molar-refractivity contribution in [2.24, 2.45) is 0 Å². The molecule has 0 spiro atoms. The molecule has 2 aromatic carbocycles. The van der Waals surface area contributed by atoms with Gasteiger partial charge >= 0.3 is 0 Å². The van der Waals surface area contributed by atoms with Crippen molar-refractivity contribution >= 4 is 17.3 Å². The zero-order valence-corrected chi connectivity index (χ0v) is 9.75. The molecule has 0 atom stereocenters. The third kappa shape index (κ3) is 3.11. The number of halogens is 2. The molecule has 0 bridgehead atoms. The molecule has 17 heavy (non-hydrogen) atoms. The fourth-order valence-electron chi connectivity index (χ4n) is 1.36. The Morgan fingerprint density at radius 3 is 2.47 bits per heavy atom. The van der Waals surface area contributed by atoms with Crippen molar-refractivity contribution in [2.45, 2.75) is 6.61 Å². The van der Waals surface area contributed by atoms with Gasteiger partial charge in [-0.05, 0) is 36.4 Å². The second kappa shape index (κ2) is 5.06. The molecule has 0 unspecified atom stereocenters. The van der Waals surface area contributed by atoms with Crippen LogP contribution in [0.4, 0.5) is 10.1 Å². The molecule has 0 saturated heterocycles. The summed E-state index contributed by atoms with van der Waals surface area (Å²) in [7, 11) is 0. The molecule has 2 rings (SSSR count). The zero-order valence-electron chi connectivity index (χ0n) is 8.99. The number of nitrogen functional groups attached to an aromatic ring is 1. The molecule has 0 amide bonds. The molecule has 88 valence electrons. The highest BCUT2D eigenvalue weighted by Gasteiger charge is 2.03. The lowest BCUT2D eigenvalue weighted by molar-refractivity contribution is 0.306.